The lowest BCUT2D eigenvalue weighted by molar-refractivity contribution is -0.123. The van der Waals surface area contributed by atoms with E-state index in [0.29, 0.717) is 31.3 Å². The van der Waals surface area contributed by atoms with Gasteiger partial charge in [0.1, 0.15) is 5.82 Å². The van der Waals surface area contributed by atoms with E-state index in [1.54, 1.807) is 12.4 Å². The summed E-state index contributed by atoms with van der Waals surface area (Å²) < 4.78 is 5.60. The fraction of sp³-hybridized carbons (Fsp3) is 0.444. The van der Waals surface area contributed by atoms with E-state index in [2.05, 4.69) is 20.3 Å². The van der Waals surface area contributed by atoms with Crippen LogP contribution in [0.5, 0.6) is 5.88 Å². The van der Waals surface area contributed by atoms with Gasteiger partial charge < -0.3 is 10.1 Å². The van der Waals surface area contributed by atoms with Crippen molar-refractivity contribution in [3.05, 3.63) is 35.9 Å². The molecule has 0 unspecified atom stereocenters. The Balaban J connectivity index is 2.19. The highest BCUT2D eigenvalue weighted by Gasteiger charge is 2.13. The van der Waals surface area contributed by atoms with Crippen molar-refractivity contribution >= 4 is 5.91 Å². The maximum absolute atomic E-state index is 11.6. The van der Waals surface area contributed by atoms with Gasteiger partial charge in [0.15, 0.2) is 0 Å². The Morgan fingerprint density at radius 1 is 1.33 bits per heavy atom. The van der Waals surface area contributed by atoms with Crippen LogP contribution in [0.25, 0.3) is 11.3 Å². The molecule has 24 heavy (non-hydrogen) atoms. The highest BCUT2D eigenvalue weighted by molar-refractivity contribution is 5.77. The predicted molar refractivity (Wildman–Crippen MR) is 92.7 cm³/mol. The minimum absolute atomic E-state index is 0.0244. The zero-order valence-electron chi connectivity index (χ0n) is 14.7. The van der Waals surface area contributed by atoms with Crippen molar-refractivity contribution in [3.63, 3.8) is 0 Å². The van der Waals surface area contributed by atoms with E-state index < -0.39 is 0 Å². The van der Waals surface area contributed by atoms with Crippen LogP contribution < -0.4 is 10.1 Å². The highest BCUT2D eigenvalue weighted by atomic mass is 16.5. The molecule has 0 atom stereocenters. The van der Waals surface area contributed by atoms with E-state index in [9.17, 15) is 4.79 Å². The molecule has 0 saturated heterocycles. The number of hydrogen-bond donors (Lipinski definition) is 1. The molecular formula is C18H24N4O2. The van der Waals surface area contributed by atoms with Crippen molar-refractivity contribution in [2.45, 2.75) is 34.1 Å². The summed E-state index contributed by atoms with van der Waals surface area (Å²) in [6.45, 7) is 8.69. The van der Waals surface area contributed by atoms with E-state index in [1.165, 1.54) is 0 Å². The van der Waals surface area contributed by atoms with E-state index in [-0.39, 0.29) is 11.8 Å². The van der Waals surface area contributed by atoms with Gasteiger partial charge in [0.05, 0.1) is 17.9 Å². The quantitative estimate of drug-likeness (QED) is 0.845. The van der Waals surface area contributed by atoms with Crippen molar-refractivity contribution in [2.24, 2.45) is 5.92 Å². The molecule has 0 bridgehead atoms. The van der Waals surface area contributed by atoms with Crippen LogP contribution in [0.3, 0.4) is 0 Å². The van der Waals surface area contributed by atoms with E-state index in [4.69, 9.17) is 4.74 Å². The van der Waals surface area contributed by atoms with Crippen LogP contribution in [0.4, 0.5) is 0 Å². The number of ether oxygens (including phenoxy) is 1. The summed E-state index contributed by atoms with van der Waals surface area (Å²) in [6, 6.07) is 3.81. The number of nitrogens with one attached hydrogen (secondary N) is 1. The van der Waals surface area contributed by atoms with Crippen molar-refractivity contribution < 1.29 is 9.53 Å². The number of pyridine rings is 1. The smallest absolute Gasteiger partial charge is 0.222 e. The van der Waals surface area contributed by atoms with Crippen LogP contribution >= 0.6 is 0 Å². The third-order valence-corrected chi connectivity index (χ3v) is 3.50. The number of aryl methyl sites for hydroxylation is 1. The van der Waals surface area contributed by atoms with Crippen LogP contribution in [-0.4, -0.2) is 34.0 Å². The summed E-state index contributed by atoms with van der Waals surface area (Å²) in [7, 11) is 0. The largest absolute Gasteiger partial charge is 0.477 e. The predicted octanol–water partition coefficient (Wildman–Crippen LogP) is 2.56. The number of carbonyl (C=O) groups is 1. The fourth-order valence-corrected chi connectivity index (χ4v) is 2.20. The van der Waals surface area contributed by atoms with Crippen molar-refractivity contribution in [1.29, 1.82) is 0 Å². The lowest BCUT2D eigenvalue weighted by Crippen LogP contribution is -2.29. The number of rotatable bonds is 7. The van der Waals surface area contributed by atoms with Crippen molar-refractivity contribution in [3.8, 4) is 17.1 Å². The van der Waals surface area contributed by atoms with Gasteiger partial charge in [0.25, 0.3) is 0 Å². The minimum atomic E-state index is -0.0244. The van der Waals surface area contributed by atoms with Crippen molar-refractivity contribution in [2.75, 3.05) is 13.2 Å². The number of amides is 1. The minimum Gasteiger partial charge on any atom is -0.477 e. The molecule has 6 nitrogen and oxygen atoms in total. The Labute approximate surface area is 142 Å². The molecule has 0 aliphatic rings. The molecule has 0 spiro atoms. The van der Waals surface area contributed by atoms with Gasteiger partial charge in [-0.3, -0.25) is 4.79 Å². The molecule has 0 aliphatic heterocycles. The number of aromatic nitrogens is 3. The molecule has 0 fully saturated rings. The molecule has 2 rings (SSSR count). The first-order chi connectivity index (χ1) is 11.5. The molecule has 2 aromatic heterocycles. The SMILES string of the molecule is CCOc1ncccc1-c1nc(CCNC(=O)C(C)C)ncc1C. The summed E-state index contributed by atoms with van der Waals surface area (Å²) in [4.78, 5) is 24.9. The van der Waals surface area contributed by atoms with Crippen LogP contribution in [0.2, 0.25) is 0 Å². The van der Waals surface area contributed by atoms with Gasteiger partial charge in [-0.05, 0) is 31.5 Å². The zero-order valence-corrected chi connectivity index (χ0v) is 14.7. The Morgan fingerprint density at radius 3 is 2.83 bits per heavy atom. The number of carbonyl (C=O) groups excluding carboxylic acids is 1. The Bertz CT molecular complexity index is 701. The Morgan fingerprint density at radius 2 is 2.12 bits per heavy atom. The molecule has 0 radical (unpaired) electrons. The van der Waals surface area contributed by atoms with Gasteiger partial charge in [-0.25, -0.2) is 15.0 Å². The van der Waals surface area contributed by atoms with Gasteiger partial charge in [-0.15, -0.1) is 0 Å². The molecule has 0 aliphatic carbocycles. The first-order valence-electron chi connectivity index (χ1n) is 8.21. The Hall–Kier alpha value is -2.50. The van der Waals surface area contributed by atoms with Gasteiger partial charge in [0, 0.05) is 31.3 Å². The van der Waals surface area contributed by atoms with Gasteiger partial charge in [-0.1, -0.05) is 13.8 Å². The second-order valence-electron chi connectivity index (χ2n) is 5.80. The monoisotopic (exact) mass is 328 g/mol. The summed E-state index contributed by atoms with van der Waals surface area (Å²) in [5.41, 5.74) is 2.62. The maximum Gasteiger partial charge on any atom is 0.222 e. The fourth-order valence-electron chi connectivity index (χ4n) is 2.20. The van der Waals surface area contributed by atoms with Crippen LogP contribution in [-0.2, 0) is 11.2 Å². The molecule has 2 aromatic rings. The zero-order chi connectivity index (χ0) is 17.5. The molecular weight excluding hydrogens is 304 g/mol. The molecule has 2 heterocycles. The molecule has 0 saturated carbocycles. The second-order valence-corrected chi connectivity index (χ2v) is 5.80. The normalized spacial score (nSPS) is 10.7. The lowest BCUT2D eigenvalue weighted by atomic mass is 10.1. The van der Waals surface area contributed by atoms with Crippen LogP contribution in [0.1, 0.15) is 32.2 Å². The van der Waals surface area contributed by atoms with E-state index in [1.807, 2.05) is 39.8 Å². The summed E-state index contributed by atoms with van der Waals surface area (Å²) in [5, 5.41) is 2.88. The van der Waals surface area contributed by atoms with Crippen LogP contribution in [0.15, 0.2) is 24.5 Å². The van der Waals surface area contributed by atoms with Gasteiger partial charge >= 0.3 is 0 Å². The molecule has 1 N–H and O–H groups in total. The van der Waals surface area contributed by atoms with Crippen LogP contribution in [0, 0.1) is 12.8 Å². The first-order valence-corrected chi connectivity index (χ1v) is 8.21. The maximum atomic E-state index is 11.6. The summed E-state index contributed by atoms with van der Waals surface area (Å²) in [6.07, 6.45) is 4.08. The molecule has 128 valence electrons. The van der Waals surface area contributed by atoms with Gasteiger partial charge in [-0.2, -0.15) is 0 Å². The average Bonchev–Trinajstić information content (AvgIpc) is 2.57. The second kappa shape index (κ2) is 8.38. The third kappa shape index (κ3) is 4.50. The lowest BCUT2D eigenvalue weighted by Gasteiger charge is -2.12. The average molecular weight is 328 g/mol. The highest BCUT2D eigenvalue weighted by Crippen LogP contribution is 2.28. The first kappa shape index (κ1) is 17.8. The topological polar surface area (TPSA) is 77.0 Å². The summed E-state index contributed by atoms with van der Waals surface area (Å²) in [5.74, 6) is 1.27. The summed E-state index contributed by atoms with van der Waals surface area (Å²) >= 11 is 0. The standard InChI is InChI=1S/C18H24N4O2/c1-5-24-18-14(7-6-9-20-18)16-13(4)11-21-15(22-16)8-10-19-17(23)12(2)3/h6-7,9,11-12H,5,8,10H2,1-4H3,(H,19,23). The van der Waals surface area contributed by atoms with Crippen molar-refractivity contribution in [1.82, 2.24) is 20.3 Å². The molecule has 6 heteroatoms. The molecule has 0 aromatic carbocycles. The number of hydrogen-bond acceptors (Lipinski definition) is 5. The van der Waals surface area contributed by atoms with E-state index in [0.717, 1.165) is 16.8 Å². The third-order valence-electron chi connectivity index (χ3n) is 3.50. The van der Waals surface area contributed by atoms with E-state index >= 15 is 0 Å². The number of nitrogens with zero attached hydrogens (tertiary/aromatic N) is 3. The molecule has 1 amide bonds. The Kier molecular flexibility index (Phi) is 6.23. The van der Waals surface area contributed by atoms with Gasteiger partial charge in [0.2, 0.25) is 11.8 Å².